The van der Waals surface area contributed by atoms with Crippen molar-refractivity contribution in [3.63, 3.8) is 0 Å². The second-order valence-corrected chi connectivity index (χ2v) is 10.6. The van der Waals surface area contributed by atoms with Gasteiger partial charge in [0.2, 0.25) is 11.8 Å². The van der Waals surface area contributed by atoms with Crippen LogP contribution >= 0.6 is 34.7 Å². The van der Waals surface area contributed by atoms with E-state index < -0.39 is 11.2 Å². The molecule has 0 radical (unpaired) electrons. The maximum atomic E-state index is 13.7. The Balaban J connectivity index is 1.59. The fraction of sp³-hybridized carbons (Fsp3) is 0.292. The molecule has 170 valence electrons. The number of nitrogens with zero attached hydrogens (tertiary/aromatic N) is 2. The van der Waals surface area contributed by atoms with E-state index >= 15 is 0 Å². The van der Waals surface area contributed by atoms with Crippen molar-refractivity contribution in [3.05, 3.63) is 73.7 Å². The summed E-state index contributed by atoms with van der Waals surface area (Å²) in [7, 11) is 0. The maximum absolute atomic E-state index is 13.7. The summed E-state index contributed by atoms with van der Waals surface area (Å²) in [6, 6.07) is 14.8. The average molecular weight is 500 g/mol. The number of amides is 2. The molecule has 33 heavy (non-hydrogen) atoms. The number of hydrogen-bond donors (Lipinski definition) is 1. The topological polar surface area (TPSA) is 73.5 Å². The second kappa shape index (κ2) is 8.66. The van der Waals surface area contributed by atoms with Crippen LogP contribution in [-0.2, 0) is 9.59 Å². The molecule has 2 aliphatic rings. The van der Waals surface area contributed by atoms with Gasteiger partial charge < -0.3 is 9.88 Å². The molecule has 9 heteroatoms. The molecule has 5 rings (SSSR count). The molecule has 3 heterocycles. The van der Waals surface area contributed by atoms with Gasteiger partial charge in [-0.3, -0.25) is 14.4 Å². The molecule has 1 saturated heterocycles. The maximum Gasteiger partial charge on any atom is 0.305 e. The number of rotatable bonds is 5. The van der Waals surface area contributed by atoms with Gasteiger partial charge in [0.1, 0.15) is 5.25 Å². The van der Waals surface area contributed by atoms with Gasteiger partial charge in [-0.25, -0.2) is 4.90 Å². The predicted molar refractivity (Wildman–Crippen MR) is 134 cm³/mol. The highest BCUT2D eigenvalue weighted by molar-refractivity contribution is 8.00. The number of H-pyrrole nitrogens is 1. The fourth-order valence-corrected chi connectivity index (χ4v) is 7.34. The van der Waals surface area contributed by atoms with Crippen LogP contribution in [0.15, 0.2) is 58.4 Å². The van der Waals surface area contributed by atoms with Gasteiger partial charge in [-0.15, -0.1) is 0 Å². The highest BCUT2D eigenvalue weighted by Crippen LogP contribution is 2.53. The van der Waals surface area contributed by atoms with Crippen LogP contribution in [0.25, 0.3) is 0 Å². The van der Waals surface area contributed by atoms with E-state index in [-0.39, 0.29) is 22.6 Å². The number of benzene rings is 2. The number of nitrogens with one attached hydrogen (secondary N) is 1. The van der Waals surface area contributed by atoms with E-state index in [2.05, 4.69) is 23.7 Å². The number of thioether (sulfide) groups is 1. The van der Waals surface area contributed by atoms with E-state index in [1.807, 2.05) is 24.3 Å². The van der Waals surface area contributed by atoms with Gasteiger partial charge in [0, 0.05) is 34.6 Å². The largest absolute Gasteiger partial charge is 0.372 e. The summed E-state index contributed by atoms with van der Waals surface area (Å²) >= 11 is 8.41. The number of hydrogen-bond acceptors (Lipinski definition) is 6. The van der Waals surface area contributed by atoms with E-state index in [4.69, 9.17) is 11.6 Å². The number of aromatic nitrogens is 1. The lowest BCUT2D eigenvalue weighted by atomic mass is 9.83. The van der Waals surface area contributed by atoms with Crippen molar-refractivity contribution >= 4 is 57.9 Å². The number of fused-ring (bicyclic) bond motifs is 2. The fourth-order valence-electron chi connectivity index (χ4n) is 4.70. The van der Waals surface area contributed by atoms with Gasteiger partial charge in [-0.2, -0.15) is 0 Å². The van der Waals surface area contributed by atoms with Gasteiger partial charge in [0.25, 0.3) is 0 Å². The molecule has 3 aromatic rings. The molecule has 1 aromatic heterocycles. The number of carbonyl (C=O) groups excluding carboxylic acids is 2. The van der Waals surface area contributed by atoms with Gasteiger partial charge >= 0.3 is 4.87 Å². The third-order valence-electron chi connectivity index (χ3n) is 6.29. The molecule has 0 aliphatic carbocycles. The van der Waals surface area contributed by atoms with Crippen LogP contribution in [0.4, 0.5) is 11.4 Å². The van der Waals surface area contributed by atoms with Crippen LogP contribution in [-0.4, -0.2) is 35.1 Å². The number of carbonyl (C=O) groups is 2. The van der Waals surface area contributed by atoms with E-state index in [9.17, 15) is 14.4 Å². The standard InChI is InChI=1S/C24H22ClN3O3S2/c1-3-27(4-2)15-9-5-13(6-10-15)17-18-20(32-21-19(17)33-24(31)26-21)23(30)28(22(18)29)16-11-7-14(25)8-12-16/h5-12,17-18,20H,3-4H2,1-2H3,(H,26,31). The Bertz CT molecular complexity index is 1270. The van der Waals surface area contributed by atoms with Crippen molar-refractivity contribution in [2.24, 2.45) is 5.92 Å². The summed E-state index contributed by atoms with van der Waals surface area (Å²) < 4.78 is 0. The van der Waals surface area contributed by atoms with Crippen LogP contribution in [0.3, 0.4) is 0 Å². The summed E-state index contributed by atoms with van der Waals surface area (Å²) in [5, 5.41) is 0.622. The average Bonchev–Trinajstić information content (AvgIpc) is 3.30. The SMILES string of the molecule is CCN(CC)c1ccc(C2c3sc(=O)[nH]c3SC3C(=O)N(c4ccc(Cl)cc4)C(=O)C32)cc1. The number of anilines is 2. The normalized spacial score (nSPS) is 21.8. The van der Waals surface area contributed by atoms with Crippen molar-refractivity contribution < 1.29 is 9.59 Å². The second-order valence-electron chi connectivity index (χ2n) is 8.00. The number of thiazole rings is 1. The highest BCUT2D eigenvalue weighted by atomic mass is 35.5. The first-order valence-corrected chi connectivity index (χ1v) is 12.9. The Hall–Kier alpha value is -2.55. The Morgan fingerprint density at radius 3 is 2.27 bits per heavy atom. The first-order valence-electron chi connectivity index (χ1n) is 10.8. The molecule has 2 amide bonds. The number of imide groups is 1. The minimum Gasteiger partial charge on any atom is -0.372 e. The number of aromatic amines is 1. The third kappa shape index (κ3) is 3.70. The lowest BCUT2D eigenvalue weighted by Crippen LogP contribution is -2.32. The Morgan fingerprint density at radius 1 is 0.970 bits per heavy atom. The first kappa shape index (κ1) is 22.3. The zero-order valence-corrected chi connectivity index (χ0v) is 20.5. The van der Waals surface area contributed by atoms with Crippen molar-refractivity contribution in [2.75, 3.05) is 22.9 Å². The molecule has 6 nitrogen and oxygen atoms in total. The van der Waals surface area contributed by atoms with Crippen molar-refractivity contribution in [1.29, 1.82) is 0 Å². The van der Waals surface area contributed by atoms with Crippen LogP contribution in [0.5, 0.6) is 0 Å². The summed E-state index contributed by atoms with van der Waals surface area (Å²) in [6.07, 6.45) is 0. The van der Waals surface area contributed by atoms with Crippen LogP contribution in [0, 0.1) is 5.92 Å². The van der Waals surface area contributed by atoms with Crippen LogP contribution in [0.1, 0.15) is 30.2 Å². The quantitative estimate of drug-likeness (QED) is 0.514. The van der Waals surface area contributed by atoms with Gasteiger partial charge in [0.15, 0.2) is 0 Å². The van der Waals surface area contributed by atoms with E-state index in [0.29, 0.717) is 15.7 Å². The van der Waals surface area contributed by atoms with Crippen LogP contribution in [0.2, 0.25) is 5.02 Å². The van der Waals surface area contributed by atoms with Crippen molar-refractivity contribution in [2.45, 2.75) is 30.0 Å². The minimum atomic E-state index is -0.599. The van der Waals surface area contributed by atoms with E-state index in [1.165, 1.54) is 16.7 Å². The van der Waals surface area contributed by atoms with Gasteiger partial charge in [0.05, 0.1) is 16.6 Å². The van der Waals surface area contributed by atoms with Crippen molar-refractivity contribution in [3.8, 4) is 0 Å². The van der Waals surface area contributed by atoms with Crippen LogP contribution < -0.4 is 14.7 Å². The Labute approximate surface area is 204 Å². The highest BCUT2D eigenvalue weighted by Gasteiger charge is 2.56. The molecule has 0 bridgehead atoms. The monoisotopic (exact) mass is 499 g/mol. The summed E-state index contributed by atoms with van der Waals surface area (Å²) in [6.45, 7) is 6.01. The zero-order chi connectivity index (χ0) is 23.3. The molecular formula is C24H22ClN3O3S2. The molecule has 0 spiro atoms. The molecule has 3 unspecified atom stereocenters. The Kier molecular flexibility index (Phi) is 5.84. The third-order valence-corrected chi connectivity index (χ3v) is 8.94. The minimum absolute atomic E-state index is 0.174. The molecule has 1 fully saturated rings. The smallest absolute Gasteiger partial charge is 0.305 e. The Morgan fingerprint density at radius 2 is 1.64 bits per heavy atom. The molecular weight excluding hydrogens is 478 g/mol. The molecule has 3 atom stereocenters. The molecule has 2 aromatic carbocycles. The van der Waals surface area contributed by atoms with E-state index in [1.54, 1.807) is 24.3 Å². The molecule has 2 aliphatic heterocycles. The lowest BCUT2D eigenvalue weighted by molar-refractivity contribution is -0.122. The molecule has 1 N–H and O–H groups in total. The number of halogens is 1. The summed E-state index contributed by atoms with van der Waals surface area (Å²) in [5.41, 5.74) is 2.54. The summed E-state index contributed by atoms with van der Waals surface area (Å²) in [5.74, 6) is -1.46. The van der Waals surface area contributed by atoms with E-state index in [0.717, 1.165) is 40.6 Å². The zero-order valence-electron chi connectivity index (χ0n) is 18.1. The van der Waals surface area contributed by atoms with Gasteiger partial charge in [-0.05, 0) is 55.8 Å². The molecule has 0 saturated carbocycles. The first-order chi connectivity index (χ1) is 15.9. The lowest BCUT2D eigenvalue weighted by Gasteiger charge is -2.30. The summed E-state index contributed by atoms with van der Waals surface area (Å²) in [4.78, 5) is 46.3. The van der Waals surface area contributed by atoms with Gasteiger partial charge in [-0.1, -0.05) is 46.8 Å². The van der Waals surface area contributed by atoms with Crippen molar-refractivity contribution in [1.82, 2.24) is 4.98 Å². The predicted octanol–water partition coefficient (Wildman–Crippen LogP) is 4.73.